The van der Waals surface area contributed by atoms with E-state index in [0.717, 1.165) is 10.0 Å². The van der Waals surface area contributed by atoms with Crippen LogP contribution in [0.15, 0.2) is 41.0 Å². The number of nitrogens with two attached hydrogens (primary N) is 1. The van der Waals surface area contributed by atoms with Gasteiger partial charge in [0.2, 0.25) is 0 Å². The number of carbonyl (C=O) groups is 1. The molecule has 0 saturated heterocycles. The van der Waals surface area contributed by atoms with Crippen LogP contribution in [0.4, 0.5) is 11.5 Å². The third kappa shape index (κ3) is 2.87. The number of nitrogens with zero attached hydrogens (tertiary/aromatic N) is 1. The standard InChI is InChI=1S/C13H12BrN3O/c1-8-5-12(16-7-11(8)15)17-13(18)9-3-2-4-10(14)6-9/h2-7H,15H2,1H3,(H,16,17,18). The summed E-state index contributed by atoms with van der Waals surface area (Å²) in [5, 5.41) is 2.73. The Morgan fingerprint density at radius 2 is 2.17 bits per heavy atom. The molecule has 92 valence electrons. The van der Waals surface area contributed by atoms with E-state index in [0.29, 0.717) is 17.1 Å². The van der Waals surface area contributed by atoms with Crippen molar-refractivity contribution in [2.75, 3.05) is 11.1 Å². The van der Waals surface area contributed by atoms with Crippen LogP contribution in [-0.2, 0) is 0 Å². The molecule has 1 aromatic carbocycles. The summed E-state index contributed by atoms with van der Waals surface area (Å²) in [6.07, 6.45) is 1.53. The van der Waals surface area contributed by atoms with Gasteiger partial charge in [-0.3, -0.25) is 4.79 Å². The van der Waals surface area contributed by atoms with Crippen molar-refractivity contribution in [2.24, 2.45) is 0 Å². The Morgan fingerprint density at radius 3 is 2.83 bits per heavy atom. The van der Waals surface area contributed by atoms with Crippen LogP contribution >= 0.6 is 15.9 Å². The molecule has 0 fully saturated rings. The van der Waals surface area contributed by atoms with Gasteiger partial charge in [0.15, 0.2) is 0 Å². The number of pyridine rings is 1. The summed E-state index contributed by atoms with van der Waals surface area (Å²) in [5.74, 6) is 0.291. The number of aryl methyl sites for hydroxylation is 1. The van der Waals surface area contributed by atoms with E-state index in [1.807, 2.05) is 13.0 Å². The van der Waals surface area contributed by atoms with Gasteiger partial charge >= 0.3 is 0 Å². The first-order valence-corrected chi connectivity index (χ1v) is 6.14. The highest BCUT2D eigenvalue weighted by atomic mass is 79.9. The molecule has 0 aliphatic carbocycles. The van der Waals surface area contributed by atoms with Gasteiger partial charge in [-0.25, -0.2) is 4.98 Å². The van der Waals surface area contributed by atoms with Crippen LogP contribution in [0.25, 0.3) is 0 Å². The van der Waals surface area contributed by atoms with E-state index in [1.165, 1.54) is 6.20 Å². The molecule has 4 nitrogen and oxygen atoms in total. The second kappa shape index (κ2) is 5.18. The highest BCUT2D eigenvalue weighted by Crippen LogP contribution is 2.16. The predicted molar refractivity (Wildman–Crippen MR) is 75.5 cm³/mol. The van der Waals surface area contributed by atoms with Crippen molar-refractivity contribution in [2.45, 2.75) is 6.92 Å². The first-order valence-electron chi connectivity index (χ1n) is 5.35. The van der Waals surface area contributed by atoms with Crippen LogP contribution in [0.3, 0.4) is 0 Å². The van der Waals surface area contributed by atoms with Gasteiger partial charge in [0.25, 0.3) is 5.91 Å². The number of anilines is 2. The maximum absolute atomic E-state index is 12.0. The molecule has 0 aliphatic rings. The smallest absolute Gasteiger partial charge is 0.256 e. The number of nitrogens with one attached hydrogen (secondary N) is 1. The maximum atomic E-state index is 12.0. The Labute approximate surface area is 113 Å². The largest absolute Gasteiger partial charge is 0.397 e. The molecule has 18 heavy (non-hydrogen) atoms. The summed E-state index contributed by atoms with van der Waals surface area (Å²) in [7, 11) is 0. The minimum absolute atomic E-state index is 0.201. The molecule has 0 saturated carbocycles. The number of carbonyl (C=O) groups excluding carboxylic acids is 1. The SMILES string of the molecule is Cc1cc(NC(=O)c2cccc(Br)c2)ncc1N. The Morgan fingerprint density at radius 1 is 1.39 bits per heavy atom. The molecule has 0 unspecified atom stereocenters. The molecule has 1 amide bonds. The van der Waals surface area contributed by atoms with Crippen molar-refractivity contribution in [3.05, 3.63) is 52.1 Å². The lowest BCUT2D eigenvalue weighted by Gasteiger charge is -2.06. The molecule has 0 atom stereocenters. The molecule has 0 radical (unpaired) electrons. The molecule has 0 spiro atoms. The van der Waals surface area contributed by atoms with Crippen LogP contribution in [0.2, 0.25) is 0 Å². The minimum atomic E-state index is -0.201. The van der Waals surface area contributed by atoms with Crippen LogP contribution in [-0.4, -0.2) is 10.9 Å². The van der Waals surface area contributed by atoms with E-state index < -0.39 is 0 Å². The van der Waals surface area contributed by atoms with Gasteiger partial charge in [-0.1, -0.05) is 22.0 Å². The van der Waals surface area contributed by atoms with E-state index in [2.05, 4.69) is 26.2 Å². The number of benzene rings is 1. The summed E-state index contributed by atoms with van der Waals surface area (Å²) in [6, 6.07) is 8.90. The topological polar surface area (TPSA) is 68.0 Å². The minimum Gasteiger partial charge on any atom is -0.397 e. The normalized spacial score (nSPS) is 10.1. The zero-order chi connectivity index (χ0) is 13.1. The van der Waals surface area contributed by atoms with Gasteiger partial charge in [0.1, 0.15) is 5.82 Å². The van der Waals surface area contributed by atoms with Crippen molar-refractivity contribution < 1.29 is 4.79 Å². The first kappa shape index (κ1) is 12.6. The molecule has 0 aliphatic heterocycles. The molecular weight excluding hydrogens is 294 g/mol. The molecule has 5 heteroatoms. The number of halogens is 1. The van der Waals surface area contributed by atoms with E-state index in [-0.39, 0.29) is 5.91 Å². The Bertz CT molecular complexity index is 599. The molecule has 3 N–H and O–H groups in total. The number of hydrogen-bond acceptors (Lipinski definition) is 3. The Balaban J connectivity index is 2.18. The van der Waals surface area contributed by atoms with Crippen LogP contribution < -0.4 is 11.1 Å². The molecule has 2 aromatic rings. The van der Waals surface area contributed by atoms with Crippen LogP contribution in [0, 0.1) is 6.92 Å². The second-order valence-corrected chi connectivity index (χ2v) is 4.81. The van der Waals surface area contributed by atoms with Gasteiger partial charge < -0.3 is 11.1 Å². The maximum Gasteiger partial charge on any atom is 0.256 e. The fourth-order valence-electron chi connectivity index (χ4n) is 1.45. The third-order valence-electron chi connectivity index (χ3n) is 2.48. The van der Waals surface area contributed by atoms with E-state index in [9.17, 15) is 4.79 Å². The van der Waals surface area contributed by atoms with Gasteiger partial charge in [-0.2, -0.15) is 0 Å². The number of nitrogen functional groups attached to an aromatic ring is 1. The highest BCUT2D eigenvalue weighted by molar-refractivity contribution is 9.10. The third-order valence-corrected chi connectivity index (χ3v) is 2.97. The lowest BCUT2D eigenvalue weighted by molar-refractivity contribution is 0.102. The number of aromatic nitrogens is 1. The van der Waals surface area contributed by atoms with Gasteiger partial charge in [-0.15, -0.1) is 0 Å². The van der Waals surface area contributed by atoms with Gasteiger partial charge in [-0.05, 0) is 36.8 Å². The highest BCUT2D eigenvalue weighted by Gasteiger charge is 2.07. The van der Waals surface area contributed by atoms with E-state index in [1.54, 1.807) is 24.3 Å². The van der Waals surface area contributed by atoms with Crippen molar-refractivity contribution in [3.8, 4) is 0 Å². The second-order valence-electron chi connectivity index (χ2n) is 3.89. The van der Waals surface area contributed by atoms with Crippen molar-refractivity contribution in [1.82, 2.24) is 4.98 Å². The van der Waals surface area contributed by atoms with Gasteiger partial charge in [0, 0.05) is 10.0 Å². The summed E-state index contributed by atoms with van der Waals surface area (Å²) in [6.45, 7) is 1.87. The Kier molecular flexibility index (Phi) is 3.62. The van der Waals surface area contributed by atoms with E-state index >= 15 is 0 Å². The lowest BCUT2D eigenvalue weighted by atomic mass is 10.2. The summed E-state index contributed by atoms with van der Waals surface area (Å²) >= 11 is 3.32. The first-order chi connectivity index (χ1) is 8.56. The Hall–Kier alpha value is -1.88. The molecule has 0 bridgehead atoms. The zero-order valence-corrected chi connectivity index (χ0v) is 11.4. The number of amides is 1. The fraction of sp³-hybridized carbons (Fsp3) is 0.0769. The quantitative estimate of drug-likeness (QED) is 0.896. The average molecular weight is 306 g/mol. The fourth-order valence-corrected chi connectivity index (χ4v) is 1.85. The van der Waals surface area contributed by atoms with Crippen LogP contribution in [0.1, 0.15) is 15.9 Å². The van der Waals surface area contributed by atoms with Crippen molar-refractivity contribution in [1.29, 1.82) is 0 Å². The summed E-state index contributed by atoms with van der Waals surface area (Å²) in [5.41, 5.74) is 7.73. The zero-order valence-electron chi connectivity index (χ0n) is 9.77. The molecule has 1 heterocycles. The van der Waals surface area contributed by atoms with Crippen molar-refractivity contribution >= 4 is 33.3 Å². The number of hydrogen-bond donors (Lipinski definition) is 2. The van der Waals surface area contributed by atoms with Crippen LogP contribution in [0.5, 0.6) is 0 Å². The average Bonchev–Trinajstić information content (AvgIpc) is 2.34. The van der Waals surface area contributed by atoms with E-state index in [4.69, 9.17) is 5.73 Å². The molecular formula is C13H12BrN3O. The summed E-state index contributed by atoms with van der Waals surface area (Å²) < 4.78 is 0.858. The predicted octanol–water partition coefficient (Wildman–Crippen LogP) is 2.99. The number of rotatable bonds is 2. The molecule has 2 rings (SSSR count). The van der Waals surface area contributed by atoms with Gasteiger partial charge in [0.05, 0.1) is 11.9 Å². The monoisotopic (exact) mass is 305 g/mol. The molecule has 1 aromatic heterocycles. The van der Waals surface area contributed by atoms with Crippen molar-refractivity contribution in [3.63, 3.8) is 0 Å². The lowest BCUT2D eigenvalue weighted by Crippen LogP contribution is -2.13. The summed E-state index contributed by atoms with van der Waals surface area (Å²) in [4.78, 5) is 16.0.